The lowest BCUT2D eigenvalue weighted by molar-refractivity contribution is -0.384. The van der Waals surface area contributed by atoms with E-state index in [0.29, 0.717) is 28.6 Å². The van der Waals surface area contributed by atoms with Gasteiger partial charge in [0.25, 0.3) is 11.6 Å². The van der Waals surface area contributed by atoms with Crippen molar-refractivity contribution in [3.8, 4) is 0 Å². The number of aryl methyl sites for hydroxylation is 1. The third-order valence-electron chi connectivity index (χ3n) is 3.84. The van der Waals surface area contributed by atoms with Gasteiger partial charge in [0.05, 0.1) is 33.2 Å². The summed E-state index contributed by atoms with van der Waals surface area (Å²) >= 11 is 5.86. The van der Waals surface area contributed by atoms with E-state index in [-0.39, 0.29) is 11.6 Å². The summed E-state index contributed by atoms with van der Waals surface area (Å²) in [5.41, 5.74) is 2.24. The Kier molecular flexibility index (Phi) is 4.72. The number of non-ortho nitro benzene ring substituents is 1. The summed E-state index contributed by atoms with van der Waals surface area (Å²) in [4.78, 5) is 22.6. The van der Waals surface area contributed by atoms with Crippen molar-refractivity contribution in [2.45, 2.75) is 20.5 Å². The first-order chi connectivity index (χ1) is 12.3. The van der Waals surface area contributed by atoms with Crippen LogP contribution in [0.5, 0.6) is 0 Å². The van der Waals surface area contributed by atoms with Crippen LogP contribution in [0.1, 0.15) is 21.7 Å². The molecule has 0 atom stereocenters. The highest BCUT2D eigenvalue weighted by Crippen LogP contribution is 2.21. The SMILES string of the molecule is Cc1nn(Cn2cc(Cl)cn2)c(C)c1NC(=O)c1ccc([N+](=O)[O-])cc1. The summed E-state index contributed by atoms with van der Waals surface area (Å²) in [7, 11) is 0. The van der Waals surface area contributed by atoms with Crippen molar-refractivity contribution in [1.82, 2.24) is 19.6 Å². The first-order valence-corrected chi connectivity index (χ1v) is 8.00. The summed E-state index contributed by atoms with van der Waals surface area (Å²) in [5, 5.41) is 22.5. The van der Waals surface area contributed by atoms with Gasteiger partial charge in [-0.25, -0.2) is 9.36 Å². The minimum absolute atomic E-state index is 0.0698. The first-order valence-electron chi connectivity index (χ1n) is 7.63. The zero-order chi connectivity index (χ0) is 18.8. The number of nitro groups is 1. The summed E-state index contributed by atoms with van der Waals surface area (Å²) in [6, 6.07) is 5.40. The number of aromatic nitrogens is 4. The number of nitrogens with zero attached hydrogens (tertiary/aromatic N) is 5. The second-order valence-corrected chi connectivity index (χ2v) is 6.08. The number of amides is 1. The molecule has 0 aliphatic heterocycles. The Bertz CT molecular complexity index is 977. The predicted molar refractivity (Wildman–Crippen MR) is 95.4 cm³/mol. The molecule has 0 saturated heterocycles. The molecular formula is C16H15ClN6O3. The van der Waals surface area contributed by atoms with Crippen molar-refractivity contribution >= 4 is 28.9 Å². The second-order valence-electron chi connectivity index (χ2n) is 5.64. The Morgan fingerprint density at radius 1 is 1.31 bits per heavy atom. The van der Waals surface area contributed by atoms with Crippen LogP contribution >= 0.6 is 11.6 Å². The molecular weight excluding hydrogens is 360 g/mol. The van der Waals surface area contributed by atoms with Crippen molar-refractivity contribution in [2.24, 2.45) is 0 Å². The molecule has 0 unspecified atom stereocenters. The monoisotopic (exact) mass is 374 g/mol. The highest BCUT2D eigenvalue weighted by molar-refractivity contribution is 6.30. The molecule has 3 rings (SSSR count). The molecule has 0 spiro atoms. The summed E-state index contributed by atoms with van der Waals surface area (Å²) in [5.74, 6) is -0.368. The van der Waals surface area contributed by atoms with Gasteiger partial charge in [-0.1, -0.05) is 11.6 Å². The molecule has 9 nitrogen and oxygen atoms in total. The molecule has 0 aliphatic carbocycles. The number of rotatable bonds is 5. The normalized spacial score (nSPS) is 10.7. The third kappa shape index (κ3) is 3.57. The van der Waals surface area contributed by atoms with Crippen LogP contribution in [0.2, 0.25) is 5.02 Å². The summed E-state index contributed by atoms with van der Waals surface area (Å²) in [6.45, 7) is 3.97. The molecule has 0 radical (unpaired) electrons. The Morgan fingerprint density at radius 2 is 2.00 bits per heavy atom. The minimum Gasteiger partial charge on any atom is -0.319 e. The van der Waals surface area contributed by atoms with Crippen LogP contribution in [0, 0.1) is 24.0 Å². The summed E-state index contributed by atoms with van der Waals surface area (Å²) in [6.07, 6.45) is 3.21. The molecule has 3 aromatic rings. The van der Waals surface area contributed by atoms with Crippen LogP contribution in [-0.4, -0.2) is 30.4 Å². The van der Waals surface area contributed by atoms with Gasteiger partial charge >= 0.3 is 0 Å². The van der Waals surface area contributed by atoms with E-state index in [0.717, 1.165) is 5.69 Å². The quantitative estimate of drug-likeness (QED) is 0.545. The summed E-state index contributed by atoms with van der Waals surface area (Å²) < 4.78 is 3.33. The number of halogens is 1. The van der Waals surface area contributed by atoms with Crippen molar-refractivity contribution < 1.29 is 9.72 Å². The van der Waals surface area contributed by atoms with Gasteiger partial charge in [-0.15, -0.1) is 0 Å². The standard InChI is InChI=1S/C16H15ClN6O3/c1-10-15(11(2)22(20-10)9-21-8-13(17)7-18-21)19-16(24)12-3-5-14(6-4-12)23(25)26/h3-8H,9H2,1-2H3,(H,19,24). The number of anilines is 1. The topological polar surface area (TPSA) is 108 Å². The van der Waals surface area contributed by atoms with Crippen molar-refractivity contribution in [1.29, 1.82) is 0 Å². The fraction of sp³-hybridized carbons (Fsp3) is 0.188. The molecule has 10 heteroatoms. The molecule has 0 saturated carbocycles. The van der Waals surface area contributed by atoms with Crippen LogP contribution < -0.4 is 5.32 Å². The number of hydrogen-bond acceptors (Lipinski definition) is 5. The van der Waals surface area contributed by atoms with Gasteiger partial charge in [0.15, 0.2) is 0 Å². The molecule has 1 N–H and O–H groups in total. The van der Waals surface area contributed by atoms with Crippen LogP contribution in [0.25, 0.3) is 0 Å². The molecule has 1 aromatic carbocycles. The zero-order valence-corrected chi connectivity index (χ0v) is 14.8. The number of benzene rings is 1. The van der Waals surface area contributed by atoms with Gasteiger partial charge < -0.3 is 5.32 Å². The van der Waals surface area contributed by atoms with Crippen molar-refractivity contribution in [3.63, 3.8) is 0 Å². The fourth-order valence-corrected chi connectivity index (χ4v) is 2.64. The van der Waals surface area contributed by atoms with E-state index >= 15 is 0 Å². The van der Waals surface area contributed by atoms with Crippen molar-refractivity contribution in [2.75, 3.05) is 5.32 Å². The van der Waals surface area contributed by atoms with E-state index in [2.05, 4.69) is 15.5 Å². The van der Waals surface area contributed by atoms with E-state index in [1.165, 1.54) is 30.5 Å². The zero-order valence-electron chi connectivity index (χ0n) is 14.0. The highest BCUT2D eigenvalue weighted by atomic mass is 35.5. The van der Waals surface area contributed by atoms with Gasteiger partial charge in [0.2, 0.25) is 0 Å². The van der Waals surface area contributed by atoms with Gasteiger partial charge in [0.1, 0.15) is 6.67 Å². The largest absolute Gasteiger partial charge is 0.319 e. The molecule has 26 heavy (non-hydrogen) atoms. The highest BCUT2D eigenvalue weighted by Gasteiger charge is 2.16. The maximum absolute atomic E-state index is 12.4. The number of hydrogen-bond donors (Lipinski definition) is 1. The number of carbonyl (C=O) groups excluding carboxylic acids is 1. The van der Waals surface area contributed by atoms with Crippen LogP contribution in [0.15, 0.2) is 36.7 Å². The van der Waals surface area contributed by atoms with Gasteiger partial charge in [-0.3, -0.25) is 14.9 Å². The molecule has 2 heterocycles. The van der Waals surface area contributed by atoms with Gasteiger partial charge in [0, 0.05) is 23.9 Å². The maximum atomic E-state index is 12.4. The molecule has 134 valence electrons. The lowest BCUT2D eigenvalue weighted by Crippen LogP contribution is -2.14. The lowest BCUT2D eigenvalue weighted by atomic mass is 10.2. The lowest BCUT2D eigenvalue weighted by Gasteiger charge is -2.07. The van der Waals surface area contributed by atoms with E-state index in [1.54, 1.807) is 22.5 Å². The number of nitrogens with one attached hydrogen (secondary N) is 1. The number of carbonyl (C=O) groups is 1. The van der Waals surface area contributed by atoms with Crippen molar-refractivity contribution in [3.05, 3.63) is 68.7 Å². The Morgan fingerprint density at radius 3 is 2.58 bits per heavy atom. The molecule has 0 bridgehead atoms. The van der Waals surface area contributed by atoms with Crippen LogP contribution in [0.4, 0.5) is 11.4 Å². The number of nitro benzene ring substituents is 1. The maximum Gasteiger partial charge on any atom is 0.269 e. The molecule has 0 aliphatic rings. The predicted octanol–water partition coefficient (Wildman–Crippen LogP) is 3.02. The van der Waals surface area contributed by atoms with E-state index in [4.69, 9.17) is 11.6 Å². The molecule has 1 amide bonds. The Balaban J connectivity index is 1.79. The Labute approximate surface area is 153 Å². The van der Waals surface area contributed by atoms with E-state index in [1.807, 2.05) is 6.92 Å². The molecule has 2 aromatic heterocycles. The second kappa shape index (κ2) is 6.96. The fourth-order valence-electron chi connectivity index (χ4n) is 2.49. The van der Waals surface area contributed by atoms with E-state index in [9.17, 15) is 14.9 Å². The minimum atomic E-state index is -0.512. The van der Waals surface area contributed by atoms with Gasteiger partial charge in [-0.2, -0.15) is 10.2 Å². The van der Waals surface area contributed by atoms with Gasteiger partial charge in [-0.05, 0) is 26.0 Å². The van der Waals surface area contributed by atoms with E-state index < -0.39 is 4.92 Å². The average molecular weight is 375 g/mol. The smallest absolute Gasteiger partial charge is 0.269 e. The Hall–Kier alpha value is -3.20. The third-order valence-corrected chi connectivity index (χ3v) is 4.04. The first kappa shape index (κ1) is 17.6. The van der Waals surface area contributed by atoms with Crippen LogP contribution in [-0.2, 0) is 6.67 Å². The average Bonchev–Trinajstić information content (AvgIpc) is 3.13. The molecule has 0 fully saturated rings. The van der Waals surface area contributed by atoms with Crippen LogP contribution in [0.3, 0.4) is 0 Å².